The van der Waals surface area contributed by atoms with E-state index in [9.17, 15) is 13.2 Å². The summed E-state index contributed by atoms with van der Waals surface area (Å²) in [6.45, 7) is -1.70. The molecule has 1 aromatic rings. The van der Waals surface area contributed by atoms with Gasteiger partial charge in [0.15, 0.2) is 6.79 Å². The van der Waals surface area contributed by atoms with Crippen LogP contribution in [0.1, 0.15) is 0 Å². The minimum Gasteiger partial charge on any atom is -0.466 e. The second-order valence-corrected chi connectivity index (χ2v) is 3.82. The van der Waals surface area contributed by atoms with Gasteiger partial charge in [-0.3, -0.25) is 0 Å². The van der Waals surface area contributed by atoms with Crippen LogP contribution in [0.2, 0.25) is 0 Å². The highest BCUT2D eigenvalue weighted by Crippen LogP contribution is 2.20. The Bertz CT molecular complexity index is 314. The second kappa shape index (κ2) is 5.55. The zero-order valence-corrected chi connectivity index (χ0v) is 9.71. The fraction of sp³-hybridized carbons (Fsp3) is 0.333. The van der Waals surface area contributed by atoms with Crippen molar-refractivity contribution in [3.05, 3.63) is 27.8 Å². The van der Waals surface area contributed by atoms with E-state index in [-0.39, 0.29) is 0 Å². The van der Waals surface area contributed by atoms with Gasteiger partial charge in [0.1, 0.15) is 12.4 Å². The zero-order chi connectivity index (χ0) is 11.3. The standard InChI is InChI=1S/C9H8F3IO2/c10-9(11,12)5-14-6-15-8-4-2-1-3-7(8)13/h1-4H,5-6H2. The number of rotatable bonds is 4. The van der Waals surface area contributed by atoms with Gasteiger partial charge in [0.2, 0.25) is 0 Å². The molecule has 0 saturated heterocycles. The summed E-state index contributed by atoms with van der Waals surface area (Å²) in [6.07, 6.45) is -4.31. The van der Waals surface area contributed by atoms with Crippen molar-refractivity contribution in [2.24, 2.45) is 0 Å². The molecule has 0 N–H and O–H groups in total. The SMILES string of the molecule is FC(F)(F)COCOc1ccccc1I. The lowest BCUT2D eigenvalue weighted by Crippen LogP contribution is -2.19. The van der Waals surface area contributed by atoms with Gasteiger partial charge in [0, 0.05) is 0 Å². The summed E-state index contributed by atoms with van der Waals surface area (Å²) < 4.78 is 45.2. The number of halogens is 4. The molecule has 0 fully saturated rings. The number of hydrogen-bond acceptors (Lipinski definition) is 2. The molecule has 1 aromatic carbocycles. The van der Waals surface area contributed by atoms with Crippen molar-refractivity contribution < 1.29 is 22.6 Å². The van der Waals surface area contributed by atoms with E-state index < -0.39 is 19.6 Å². The Morgan fingerprint density at radius 3 is 2.47 bits per heavy atom. The normalized spacial score (nSPS) is 11.5. The molecule has 6 heteroatoms. The van der Waals surface area contributed by atoms with Crippen molar-refractivity contribution in [2.75, 3.05) is 13.4 Å². The monoisotopic (exact) mass is 332 g/mol. The van der Waals surface area contributed by atoms with E-state index in [1.165, 1.54) is 0 Å². The van der Waals surface area contributed by atoms with Crippen LogP contribution < -0.4 is 4.74 Å². The van der Waals surface area contributed by atoms with Gasteiger partial charge in [0.25, 0.3) is 0 Å². The maximum atomic E-state index is 11.7. The third kappa shape index (κ3) is 5.22. The predicted molar refractivity (Wildman–Crippen MR) is 56.7 cm³/mol. The first kappa shape index (κ1) is 12.6. The van der Waals surface area contributed by atoms with E-state index in [1.54, 1.807) is 18.2 Å². The second-order valence-electron chi connectivity index (χ2n) is 2.66. The molecule has 0 radical (unpaired) electrons. The van der Waals surface area contributed by atoms with Crippen LogP contribution in [0, 0.1) is 3.57 Å². The molecule has 84 valence electrons. The molecule has 0 atom stereocenters. The van der Waals surface area contributed by atoms with Gasteiger partial charge >= 0.3 is 6.18 Å². The van der Waals surface area contributed by atoms with Gasteiger partial charge in [-0.05, 0) is 34.7 Å². The topological polar surface area (TPSA) is 18.5 Å². The summed E-state index contributed by atoms with van der Waals surface area (Å²) in [5.74, 6) is 0.514. The van der Waals surface area contributed by atoms with Gasteiger partial charge < -0.3 is 9.47 Å². The van der Waals surface area contributed by atoms with Crippen molar-refractivity contribution >= 4 is 22.6 Å². The van der Waals surface area contributed by atoms with Crippen LogP contribution in [0.4, 0.5) is 13.2 Å². The Balaban J connectivity index is 2.30. The third-order valence-corrected chi connectivity index (χ3v) is 2.29. The summed E-state index contributed by atoms with van der Waals surface area (Å²) in [7, 11) is 0. The van der Waals surface area contributed by atoms with Crippen molar-refractivity contribution in [2.45, 2.75) is 6.18 Å². The average molecular weight is 332 g/mol. The van der Waals surface area contributed by atoms with Crippen molar-refractivity contribution in [1.82, 2.24) is 0 Å². The molecule has 0 heterocycles. The number of ether oxygens (including phenoxy) is 2. The van der Waals surface area contributed by atoms with E-state index in [1.807, 2.05) is 28.7 Å². The molecule has 0 aliphatic carbocycles. The largest absolute Gasteiger partial charge is 0.466 e. The van der Waals surface area contributed by atoms with Crippen LogP contribution in [-0.2, 0) is 4.74 Å². The van der Waals surface area contributed by atoms with Gasteiger partial charge in [-0.25, -0.2) is 0 Å². The van der Waals surface area contributed by atoms with Crippen molar-refractivity contribution in [3.63, 3.8) is 0 Å². The summed E-state index contributed by atoms with van der Waals surface area (Å²) >= 11 is 2.03. The third-order valence-electron chi connectivity index (χ3n) is 1.40. The summed E-state index contributed by atoms with van der Waals surface area (Å²) in [5, 5.41) is 0. The maximum Gasteiger partial charge on any atom is 0.411 e. The zero-order valence-electron chi connectivity index (χ0n) is 7.55. The minimum absolute atomic E-state index is 0.403. The summed E-state index contributed by atoms with van der Waals surface area (Å²) in [6, 6.07) is 7.00. The van der Waals surface area contributed by atoms with E-state index in [0.717, 1.165) is 3.57 Å². The van der Waals surface area contributed by atoms with Crippen LogP contribution in [0.5, 0.6) is 5.75 Å². The van der Waals surface area contributed by atoms with Gasteiger partial charge in [0.05, 0.1) is 3.57 Å². The molecular formula is C9H8F3IO2. The fourth-order valence-electron chi connectivity index (χ4n) is 0.824. The molecule has 1 rings (SSSR count). The lowest BCUT2D eigenvalue weighted by Gasteiger charge is -2.10. The highest BCUT2D eigenvalue weighted by molar-refractivity contribution is 14.1. The Hall–Kier alpha value is -0.500. The van der Waals surface area contributed by atoms with E-state index in [2.05, 4.69) is 4.74 Å². The van der Waals surface area contributed by atoms with Crippen LogP contribution in [0.3, 0.4) is 0 Å². The summed E-state index contributed by atoms with van der Waals surface area (Å²) in [4.78, 5) is 0. The molecule has 0 bridgehead atoms. The predicted octanol–water partition coefficient (Wildman–Crippen LogP) is 3.21. The number of alkyl halides is 3. The summed E-state index contributed by atoms with van der Waals surface area (Å²) in [5.41, 5.74) is 0. The van der Waals surface area contributed by atoms with Crippen LogP contribution in [0.15, 0.2) is 24.3 Å². The van der Waals surface area contributed by atoms with E-state index in [0.29, 0.717) is 5.75 Å². The van der Waals surface area contributed by atoms with Gasteiger partial charge in [-0.2, -0.15) is 13.2 Å². The first-order valence-electron chi connectivity index (χ1n) is 4.01. The maximum absolute atomic E-state index is 11.7. The quantitative estimate of drug-likeness (QED) is 0.479. The average Bonchev–Trinajstić information content (AvgIpc) is 2.13. The van der Waals surface area contributed by atoms with Crippen LogP contribution in [0.25, 0.3) is 0 Å². The van der Waals surface area contributed by atoms with Gasteiger partial charge in [-0.15, -0.1) is 0 Å². The number of benzene rings is 1. The highest BCUT2D eigenvalue weighted by atomic mass is 127. The molecule has 0 saturated carbocycles. The molecule has 0 aliphatic heterocycles. The number of para-hydroxylation sites is 1. The fourth-order valence-corrected chi connectivity index (χ4v) is 1.37. The Labute approximate surface area is 98.5 Å². The Morgan fingerprint density at radius 1 is 1.20 bits per heavy atom. The van der Waals surface area contributed by atoms with Gasteiger partial charge in [-0.1, -0.05) is 12.1 Å². The molecule has 15 heavy (non-hydrogen) atoms. The minimum atomic E-state index is -4.31. The Kier molecular flexibility index (Phi) is 4.65. The lowest BCUT2D eigenvalue weighted by molar-refractivity contribution is -0.186. The van der Waals surface area contributed by atoms with E-state index >= 15 is 0 Å². The lowest BCUT2D eigenvalue weighted by atomic mass is 10.3. The molecule has 2 nitrogen and oxygen atoms in total. The van der Waals surface area contributed by atoms with Crippen molar-refractivity contribution in [1.29, 1.82) is 0 Å². The molecular weight excluding hydrogens is 324 g/mol. The van der Waals surface area contributed by atoms with Crippen LogP contribution in [-0.4, -0.2) is 19.6 Å². The van der Waals surface area contributed by atoms with Crippen molar-refractivity contribution in [3.8, 4) is 5.75 Å². The highest BCUT2D eigenvalue weighted by Gasteiger charge is 2.27. The smallest absolute Gasteiger partial charge is 0.411 e. The molecule has 0 unspecified atom stereocenters. The molecule has 0 spiro atoms. The molecule has 0 aromatic heterocycles. The molecule has 0 aliphatic rings. The van der Waals surface area contributed by atoms with Crippen LogP contribution >= 0.6 is 22.6 Å². The first-order valence-corrected chi connectivity index (χ1v) is 5.09. The molecule has 0 amide bonds. The van der Waals surface area contributed by atoms with E-state index in [4.69, 9.17) is 4.74 Å². The first-order chi connectivity index (χ1) is 6.99. The Morgan fingerprint density at radius 2 is 1.87 bits per heavy atom. The number of hydrogen-bond donors (Lipinski definition) is 0.